The average molecular weight is 455 g/mol. The van der Waals surface area contributed by atoms with Gasteiger partial charge in [-0.1, -0.05) is 30.3 Å². The normalized spacial score (nSPS) is 16.7. The van der Waals surface area contributed by atoms with Crippen LogP contribution in [-0.4, -0.2) is 30.8 Å². The second-order valence-electron chi connectivity index (χ2n) is 8.03. The Labute approximate surface area is 197 Å². The van der Waals surface area contributed by atoms with Crippen molar-refractivity contribution in [3.05, 3.63) is 108 Å². The number of hydrogen-bond donors (Lipinski definition) is 0. The van der Waals surface area contributed by atoms with E-state index in [-0.39, 0.29) is 11.6 Å². The molecule has 0 fully saturated rings. The molecule has 0 saturated carbocycles. The number of hydrogen-bond acceptors (Lipinski definition) is 4. The summed E-state index contributed by atoms with van der Waals surface area (Å²) in [6.45, 7) is 0. The lowest BCUT2D eigenvalue weighted by molar-refractivity contribution is 0.0905. The van der Waals surface area contributed by atoms with E-state index in [1.807, 2.05) is 47.2 Å². The minimum absolute atomic E-state index is 0.104. The molecule has 0 radical (unpaired) electrons. The summed E-state index contributed by atoms with van der Waals surface area (Å²) in [7, 11) is 3.18. The third kappa shape index (κ3) is 3.77. The zero-order valence-electron chi connectivity index (χ0n) is 18.8. The third-order valence-electron chi connectivity index (χ3n) is 6.15. The number of ketones is 1. The summed E-state index contributed by atoms with van der Waals surface area (Å²) in [5.74, 6) is 0.841. The highest BCUT2D eigenvalue weighted by Gasteiger charge is 2.37. The van der Waals surface area contributed by atoms with E-state index in [9.17, 15) is 9.18 Å². The Balaban J connectivity index is 1.67. The molecule has 0 spiro atoms. The molecule has 1 aromatic heterocycles. The molecule has 1 aliphatic rings. The summed E-state index contributed by atoms with van der Waals surface area (Å²) in [5.41, 5.74) is 3.59. The fourth-order valence-corrected chi connectivity index (χ4v) is 4.48. The maximum Gasteiger partial charge on any atom is 0.188 e. The van der Waals surface area contributed by atoms with Crippen LogP contribution in [0, 0.1) is 5.82 Å². The molecule has 3 aromatic carbocycles. The van der Waals surface area contributed by atoms with E-state index < -0.39 is 12.1 Å². The Morgan fingerprint density at radius 3 is 2.50 bits per heavy atom. The van der Waals surface area contributed by atoms with Crippen molar-refractivity contribution >= 4 is 12.0 Å². The molecule has 4 aromatic rings. The van der Waals surface area contributed by atoms with E-state index in [0.717, 1.165) is 16.8 Å². The number of benzene rings is 3. The molecule has 6 heteroatoms. The van der Waals surface area contributed by atoms with Crippen LogP contribution in [0.3, 0.4) is 0 Å². The van der Waals surface area contributed by atoms with Gasteiger partial charge in [-0.3, -0.25) is 9.79 Å². The number of fused-ring (bicyclic) bond motifs is 1. The minimum atomic E-state index is -0.626. The van der Waals surface area contributed by atoms with Crippen molar-refractivity contribution in [2.45, 2.75) is 12.1 Å². The van der Waals surface area contributed by atoms with Gasteiger partial charge in [0.2, 0.25) is 0 Å². The number of aromatic nitrogens is 1. The maximum atomic E-state index is 14.3. The molecule has 0 N–H and O–H groups in total. The highest BCUT2D eigenvalue weighted by atomic mass is 19.1. The number of methoxy groups -OCH3 is 2. The van der Waals surface area contributed by atoms with Crippen LogP contribution in [0.15, 0.2) is 90.1 Å². The van der Waals surface area contributed by atoms with Gasteiger partial charge < -0.3 is 14.0 Å². The van der Waals surface area contributed by atoms with Crippen LogP contribution in [0.1, 0.15) is 33.7 Å². The fourth-order valence-electron chi connectivity index (χ4n) is 4.48. The average Bonchev–Trinajstić information content (AvgIpc) is 3.37. The molecule has 1 aliphatic heterocycles. The summed E-state index contributed by atoms with van der Waals surface area (Å²) >= 11 is 0. The molecule has 0 amide bonds. The van der Waals surface area contributed by atoms with E-state index >= 15 is 0 Å². The molecule has 2 heterocycles. The smallest absolute Gasteiger partial charge is 0.188 e. The number of nitrogens with zero attached hydrogens (tertiary/aromatic N) is 2. The van der Waals surface area contributed by atoms with Crippen molar-refractivity contribution in [1.82, 2.24) is 4.57 Å². The maximum absolute atomic E-state index is 14.3. The van der Waals surface area contributed by atoms with E-state index in [2.05, 4.69) is 0 Å². The lowest BCUT2D eigenvalue weighted by atomic mass is 9.87. The van der Waals surface area contributed by atoms with Crippen molar-refractivity contribution in [3.63, 3.8) is 0 Å². The molecule has 0 unspecified atom stereocenters. The van der Waals surface area contributed by atoms with E-state index in [4.69, 9.17) is 14.5 Å². The van der Waals surface area contributed by atoms with Crippen LogP contribution in [0.5, 0.6) is 11.5 Å². The first-order valence-corrected chi connectivity index (χ1v) is 10.9. The topological polar surface area (TPSA) is 52.8 Å². The molecule has 0 aliphatic carbocycles. The van der Waals surface area contributed by atoms with Crippen molar-refractivity contribution < 1.29 is 18.7 Å². The molecule has 5 nitrogen and oxygen atoms in total. The number of carbonyl (C=O) groups excluding carboxylic acids is 1. The number of aliphatic imine (C=N–C) groups is 1. The van der Waals surface area contributed by atoms with Crippen molar-refractivity contribution in [3.8, 4) is 22.6 Å². The summed E-state index contributed by atoms with van der Waals surface area (Å²) in [4.78, 5) is 19.0. The summed E-state index contributed by atoms with van der Waals surface area (Å²) in [5, 5.41) is 0. The van der Waals surface area contributed by atoms with E-state index in [1.54, 1.807) is 50.8 Å². The second kappa shape index (κ2) is 8.98. The fraction of sp³-hybridized carbons (Fsp3) is 0.143. The Kier molecular flexibility index (Phi) is 5.72. The predicted molar refractivity (Wildman–Crippen MR) is 130 cm³/mol. The van der Waals surface area contributed by atoms with Crippen LogP contribution < -0.4 is 9.47 Å². The third-order valence-corrected chi connectivity index (χ3v) is 6.15. The molecule has 5 rings (SSSR count). The second-order valence-corrected chi connectivity index (χ2v) is 8.03. The van der Waals surface area contributed by atoms with Crippen LogP contribution in [0.25, 0.3) is 11.1 Å². The first kappa shape index (κ1) is 21.6. The van der Waals surface area contributed by atoms with Gasteiger partial charge in [-0.15, -0.1) is 0 Å². The van der Waals surface area contributed by atoms with Crippen LogP contribution in [0.2, 0.25) is 0 Å². The Morgan fingerprint density at radius 1 is 0.941 bits per heavy atom. The van der Waals surface area contributed by atoms with E-state index in [0.29, 0.717) is 22.6 Å². The largest absolute Gasteiger partial charge is 0.497 e. The number of halogens is 1. The highest BCUT2D eigenvalue weighted by Crippen LogP contribution is 2.42. The van der Waals surface area contributed by atoms with Gasteiger partial charge in [-0.2, -0.15) is 0 Å². The molecule has 170 valence electrons. The van der Waals surface area contributed by atoms with Crippen molar-refractivity contribution in [2.75, 3.05) is 14.2 Å². The minimum Gasteiger partial charge on any atom is -0.497 e. The first-order valence-electron chi connectivity index (χ1n) is 10.9. The zero-order chi connectivity index (χ0) is 23.7. The SMILES string of the molecule is COc1ccc(C(=O)[C@@H]2[C@@H](c3ccccc3OC)N=Cc3cccn32)c(-c2ccc(F)cc2)c1. The van der Waals surface area contributed by atoms with Crippen molar-refractivity contribution in [1.29, 1.82) is 0 Å². The summed E-state index contributed by atoms with van der Waals surface area (Å²) in [6, 6.07) is 21.8. The monoisotopic (exact) mass is 454 g/mol. The van der Waals surface area contributed by atoms with Gasteiger partial charge in [0.25, 0.3) is 0 Å². The van der Waals surface area contributed by atoms with Crippen LogP contribution >= 0.6 is 0 Å². The van der Waals surface area contributed by atoms with Crippen LogP contribution in [0.4, 0.5) is 4.39 Å². The van der Waals surface area contributed by atoms with Gasteiger partial charge in [-0.05, 0) is 59.7 Å². The Hall–Kier alpha value is -4.19. The number of para-hydroxylation sites is 1. The molecular weight excluding hydrogens is 431 g/mol. The lowest BCUT2D eigenvalue weighted by Crippen LogP contribution is -2.30. The van der Waals surface area contributed by atoms with Gasteiger partial charge in [-0.25, -0.2) is 4.39 Å². The Bertz CT molecular complexity index is 1370. The zero-order valence-corrected chi connectivity index (χ0v) is 18.8. The quantitative estimate of drug-likeness (QED) is 0.341. The first-order chi connectivity index (χ1) is 16.6. The number of rotatable bonds is 6. The van der Waals surface area contributed by atoms with Crippen LogP contribution in [-0.2, 0) is 0 Å². The van der Waals surface area contributed by atoms with Gasteiger partial charge in [0.15, 0.2) is 5.78 Å². The number of Topliss-reactive ketones (excluding diaryl/α,β-unsaturated/α-hetero) is 1. The highest BCUT2D eigenvalue weighted by molar-refractivity contribution is 6.06. The molecular formula is C28H23FN2O3. The molecule has 2 atom stereocenters. The Morgan fingerprint density at radius 2 is 1.74 bits per heavy atom. The van der Waals surface area contributed by atoms with Gasteiger partial charge in [0.05, 0.1) is 19.9 Å². The molecule has 34 heavy (non-hydrogen) atoms. The number of ether oxygens (including phenoxy) is 2. The van der Waals surface area contributed by atoms with Crippen molar-refractivity contribution in [2.24, 2.45) is 4.99 Å². The molecule has 0 saturated heterocycles. The molecule has 0 bridgehead atoms. The summed E-state index contributed by atoms with van der Waals surface area (Å²) in [6.07, 6.45) is 3.68. The summed E-state index contributed by atoms with van der Waals surface area (Å²) < 4.78 is 26.6. The lowest BCUT2D eigenvalue weighted by Gasteiger charge is -2.30. The van der Waals surface area contributed by atoms with Gasteiger partial charge >= 0.3 is 0 Å². The van der Waals surface area contributed by atoms with E-state index in [1.165, 1.54) is 12.1 Å². The standard InChI is InChI=1S/C28H23FN2O3/c1-33-21-13-14-22(24(16-21)18-9-11-19(29)12-10-18)28(32)27-26(23-7-3-4-8-25(23)34-2)30-17-20-6-5-15-31(20)27/h3-17,26-27H,1-2H3/t26-,27+/m1/s1. The predicted octanol–water partition coefficient (Wildman–Crippen LogP) is 5.91. The van der Waals surface area contributed by atoms with Gasteiger partial charge in [0.1, 0.15) is 29.4 Å². The number of carbonyl (C=O) groups is 1. The van der Waals surface area contributed by atoms with Gasteiger partial charge in [0, 0.05) is 23.5 Å².